The second kappa shape index (κ2) is 8.23. The van der Waals surface area contributed by atoms with Crippen molar-refractivity contribution in [1.82, 2.24) is 15.2 Å². The van der Waals surface area contributed by atoms with Crippen LogP contribution in [-0.2, 0) is 17.8 Å². The maximum Gasteiger partial charge on any atom is 0.270 e. The molecule has 25 heavy (non-hydrogen) atoms. The quantitative estimate of drug-likeness (QED) is 0.910. The van der Waals surface area contributed by atoms with Crippen molar-refractivity contribution in [3.8, 4) is 0 Å². The van der Waals surface area contributed by atoms with E-state index in [-0.39, 0.29) is 18.1 Å². The Morgan fingerprint density at radius 3 is 2.44 bits per heavy atom. The summed E-state index contributed by atoms with van der Waals surface area (Å²) >= 11 is 0. The van der Waals surface area contributed by atoms with E-state index >= 15 is 0 Å². The van der Waals surface area contributed by atoms with E-state index in [4.69, 9.17) is 4.74 Å². The summed E-state index contributed by atoms with van der Waals surface area (Å²) < 4.78 is 5.78. The lowest BCUT2D eigenvalue weighted by Gasteiger charge is -2.35. The lowest BCUT2D eigenvalue weighted by atomic mass is 10.1. The van der Waals surface area contributed by atoms with Crippen LogP contribution in [0.3, 0.4) is 0 Å². The van der Waals surface area contributed by atoms with Gasteiger partial charge in [0.1, 0.15) is 5.69 Å². The van der Waals surface area contributed by atoms with Gasteiger partial charge in [-0.1, -0.05) is 30.3 Å². The van der Waals surface area contributed by atoms with Crippen LogP contribution < -0.4 is 5.32 Å². The zero-order valence-electron chi connectivity index (χ0n) is 14.8. The minimum atomic E-state index is -0.152. The fourth-order valence-electron chi connectivity index (χ4n) is 3.20. The standard InChI is InChI=1S/C20H25N3O2/c1-15-12-23(13-16(2)25-15)14-18-8-6-17(7-9-18)11-22-20(24)19-5-3-4-10-21-19/h3-10,15-16H,11-14H2,1-2H3,(H,22,24)/t15-,16+. The summed E-state index contributed by atoms with van der Waals surface area (Å²) in [6.07, 6.45) is 2.19. The van der Waals surface area contributed by atoms with Crippen LogP contribution in [0.5, 0.6) is 0 Å². The highest BCUT2D eigenvalue weighted by Gasteiger charge is 2.21. The van der Waals surface area contributed by atoms with E-state index in [1.54, 1.807) is 18.3 Å². The van der Waals surface area contributed by atoms with Crippen LogP contribution >= 0.6 is 0 Å². The number of morpholine rings is 1. The van der Waals surface area contributed by atoms with Gasteiger partial charge >= 0.3 is 0 Å². The maximum absolute atomic E-state index is 12.0. The van der Waals surface area contributed by atoms with Crippen molar-refractivity contribution < 1.29 is 9.53 Å². The highest BCUT2D eigenvalue weighted by atomic mass is 16.5. The number of carbonyl (C=O) groups is 1. The molecule has 0 bridgehead atoms. The van der Waals surface area contributed by atoms with E-state index in [1.165, 1.54) is 5.56 Å². The first-order valence-corrected chi connectivity index (χ1v) is 8.75. The molecule has 3 rings (SSSR count). The predicted octanol–water partition coefficient (Wildman–Crippen LogP) is 2.62. The molecule has 1 fully saturated rings. The molecule has 2 heterocycles. The average Bonchev–Trinajstić information content (AvgIpc) is 2.61. The molecule has 5 heteroatoms. The van der Waals surface area contributed by atoms with Gasteiger partial charge in [-0.3, -0.25) is 14.7 Å². The van der Waals surface area contributed by atoms with Gasteiger partial charge in [-0.25, -0.2) is 0 Å². The van der Waals surface area contributed by atoms with Gasteiger partial charge in [-0.05, 0) is 37.1 Å². The molecule has 1 aliphatic rings. The molecule has 1 amide bonds. The number of benzene rings is 1. The zero-order valence-corrected chi connectivity index (χ0v) is 14.8. The Bertz CT molecular complexity index is 678. The van der Waals surface area contributed by atoms with Crippen LogP contribution in [0, 0.1) is 0 Å². The van der Waals surface area contributed by atoms with E-state index in [0.29, 0.717) is 12.2 Å². The maximum atomic E-state index is 12.0. The lowest BCUT2D eigenvalue weighted by Crippen LogP contribution is -2.44. The summed E-state index contributed by atoms with van der Waals surface area (Å²) in [6, 6.07) is 13.7. The summed E-state index contributed by atoms with van der Waals surface area (Å²) in [6.45, 7) is 7.60. The normalized spacial score (nSPS) is 21.0. The minimum Gasteiger partial charge on any atom is -0.373 e. The molecule has 0 saturated carbocycles. The van der Waals surface area contributed by atoms with Crippen LogP contribution in [0.1, 0.15) is 35.5 Å². The Hall–Kier alpha value is -2.24. The van der Waals surface area contributed by atoms with Crippen molar-refractivity contribution in [3.63, 3.8) is 0 Å². The van der Waals surface area contributed by atoms with Crippen LogP contribution in [0.25, 0.3) is 0 Å². The van der Waals surface area contributed by atoms with Gasteiger partial charge in [0.25, 0.3) is 5.91 Å². The number of carbonyl (C=O) groups excluding carboxylic acids is 1. The van der Waals surface area contributed by atoms with Gasteiger partial charge in [0.05, 0.1) is 12.2 Å². The number of hydrogen-bond donors (Lipinski definition) is 1. The Balaban J connectivity index is 1.51. The molecule has 132 valence electrons. The third-order valence-electron chi connectivity index (χ3n) is 4.27. The highest BCUT2D eigenvalue weighted by molar-refractivity contribution is 5.92. The number of rotatable bonds is 5. The van der Waals surface area contributed by atoms with Crippen molar-refractivity contribution in [1.29, 1.82) is 0 Å². The molecule has 2 atom stereocenters. The summed E-state index contributed by atoms with van der Waals surface area (Å²) in [5, 5.41) is 2.90. The van der Waals surface area contributed by atoms with E-state index in [2.05, 4.69) is 53.3 Å². The molecule has 1 aliphatic heterocycles. The van der Waals surface area contributed by atoms with Crippen molar-refractivity contribution in [2.45, 2.75) is 39.1 Å². The van der Waals surface area contributed by atoms with Crippen molar-refractivity contribution in [2.24, 2.45) is 0 Å². The summed E-state index contributed by atoms with van der Waals surface area (Å²) in [4.78, 5) is 18.5. The molecule has 0 unspecified atom stereocenters. The minimum absolute atomic E-state index is 0.152. The molecule has 0 spiro atoms. The first-order valence-electron chi connectivity index (χ1n) is 8.75. The molecule has 0 radical (unpaired) electrons. The van der Waals surface area contributed by atoms with E-state index in [1.807, 2.05) is 6.07 Å². The first-order chi connectivity index (χ1) is 12.1. The third-order valence-corrected chi connectivity index (χ3v) is 4.27. The molecule has 2 aromatic rings. The number of pyridine rings is 1. The van der Waals surface area contributed by atoms with Gasteiger partial charge in [-0.2, -0.15) is 0 Å². The fourth-order valence-corrected chi connectivity index (χ4v) is 3.20. The SMILES string of the molecule is C[C@@H]1CN(Cc2ccc(CNC(=O)c3ccccn3)cc2)C[C@H](C)O1. The predicted molar refractivity (Wildman–Crippen MR) is 97.1 cm³/mol. The number of hydrogen-bond acceptors (Lipinski definition) is 4. The van der Waals surface area contributed by atoms with E-state index in [9.17, 15) is 4.79 Å². The van der Waals surface area contributed by atoms with Gasteiger partial charge < -0.3 is 10.1 Å². The zero-order chi connectivity index (χ0) is 17.6. The summed E-state index contributed by atoms with van der Waals surface area (Å²) in [5.41, 5.74) is 2.80. The van der Waals surface area contributed by atoms with E-state index < -0.39 is 0 Å². The Morgan fingerprint density at radius 1 is 1.12 bits per heavy atom. The van der Waals surface area contributed by atoms with Gasteiger partial charge in [-0.15, -0.1) is 0 Å². The molecule has 1 saturated heterocycles. The first kappa shape index (κ1) is 17.6. The fraction of sp³-hybridized carbons (Fsp3) is 0.400. The lowest BCUT2D eigenvalue weighted by molar-refractivity contribution is -0.0704. The molecule has 1 aromatic carbocycles. The molecule has 1 aromatic heterocycles. The van der Waals surface area contributed by atoms with Crippen molar-refractivity contribution in [2.75, 3.05) is 13.1 Å². The molecule has 0 aliphatic carbocycles. The number of nitrogens with one attached hydrogen (secondary N) is 1. The topological polar surface area (TPSA) is 54.5 Å². The molecular weight excluding hydrogens is 314 g/mol. The largest absolute Gasteiger partial charge is 0.373 e. The second-order valence-corrected chi connectivity index (χ2v) is 6.67. The van der Waals surface area contributed by atoms with Crippen molar-refractivity contribution in [3.05, 3.63) is 65.5 Å². The van der Waals surface area contributed by atoms with Crippen LogP contribution in [0.2, 0.25) is 0 Å². The smallest absolute Gasteiger partial charge is 0.270 e. The third kappa shape index (κ3) is 5.11. The van der Waals surface area contributed by atoms with E-state index in [0.717, 1.165) is 25.2 Å². The van der Waals surface area contributed by atoms with Gasteiger partial charge in [0.15, 0.2) is 0 Å². The molecule has 5 nitrogen and oxygen atoms in total. The number of ether oxygens (including phenoxy) is 1. The van der Waals surface area contributed by atoms with Crippen LogP contribution in [0.4, 0.5) is 0 Å². The van der Waals surface area contributed by atoms with Crippen molar-refractivity contribution >= 4 is 5.91 Å². The Labute approximate surface area is 149 Å². The number of nitrogens with zero attached hydrogens (tertiary/aromatic N) is 2. The van der Waals surface area contributed by atoms with Crippen LogP contribution in [0.15, 0.2) is 48.7 Å². The Morgan fingerprint density at radius 2 is 1.80 bits per heavy atom. The second-order valence-electron chi connectivity index (χ2n) is 6.67. The summed E-state index contributed by atoms with van der Waals surface area (Å²) in [5.74, 6) is -0.152. The monoisotopic (exact) mass is 339 g/mol. The van der Waals surface area contributed by atoms with Crippen LogP contribution in [-0.4, -0.2) is 41.1 Å². The number of amides is 1. The molecule has 1 N–H and O–H groups in total. The highest BCUT2D eigenvalue weighted by Crippen LogP contribution is 2.14. The van der Waals surface area contributed by atoms with Gasteiger partial charge in [0, 0.05) is 32.4 Å². The molecular formula is C20H25N3O2. The van der Waals surface area contributed by atoms with Gasteiger partial charge in [0.2, 0.25) is 0 Å². The average molecular weight is 339 g/mol. The Kier molecular flexibility index (Phi) is 5.79. The number of aromatic nitrogens is 1. The summed E-state index contributed by atoms with van der Waals surface area (Å²) in [7, 11) is 0.